The van der Waals surface area contributed by atoms with Crippen molar-refractivity contribution >= 4 is 43.2 Å². The summed E-state index contributed by atoms with van der Waals surface area (Å²) in [6, 6.07) is 9.99. The third-order valence-corrected chi connectivity index (χ3v) is 5.00. The van der Waals surface area contributed by atoms with Crippen LogP contribution in [0.25, 0.3) is 0 Å². The van der Waals surface area contributed by atoms with E-state index in [2.05, 4.69) is 44.8 Å². The Morgan fingerprint density at radius 2 is 2.05 bits per heavy atom. The second kappa shape index (κ2) is 6.88. The first-order chi connectivity index (χ1) is 9.11. The van der Waals surface area contributed by atoms with Gasteiger partial charge in [-0.25, -0.2) is 0 Å². The highest BCUT2D eigenvalue weighted by Gasteiger charge is 2.13. The van der Waals surface area contributed by atoms with Gasteiger partial charge in [0.05, 0.1) is 20.9 Å². The summed E-state index contributed by atoms with van der Waals surface area (Å²) in [5.41, 5.74) is 7.35. The highest BCUT2D eigenvalue weighted by Crippen LogP contribution is 2.33. The normalized spacial score (nSPS) is 12.4. The Morgan fingerprint density at radius 1 is 1.26 bits per heavy atom. The number of hydrogen-bond acceptors (Lipinski definition) is 3. The predicted octanol–water partition coefficient (Wildman–Crippen LogP) is 5.11. The first kappa shape index (κ1) is 15.0. The van der Waals surface area contributed by atoms with Crippen molar-refractivity contribution in [1.82, 2.24) is 0 Å². The summed E-state index contributed by atoms with van der Waals surface area (Å²) in [5.74, 6) is 0.866. The van der Waals surface area contributed by atoms with Gasteiger partial charge in [0, 0.05) is 4.88 Å². The van der Waals surface area contributed by atoms with E-state index in [0.717, 1.165) is 37.5 Å². The first-order valence-electron chi connectivity index (χ1n) is 6.05. The fourth-order valence-electron chi connectivity index (χ4n) is 1.70. The van der Waals surface area contributed by atoms with E-state index >= 15 is 0 Å². The van der Waals surface area contributed by atoms with Crippen molar-refractivity contribution < 1.29 is 4.74 Å². The van der Waals surface area contributed by atoms with Crippen LogP contribution in [-0.4, -0.2) is 6.61 Å². The second-order valence-corrected chi connectivity index (χ2v) is 7.51. The van der Waals surface area contributed by atoms with Crippen LogP contribution in [0.1, 0.15) is 29.8 Å². The van der Waals surface area contributed by atoms with Crippen LogP contribution in [0.5, 0.6) is 5.75 Å². The minimum Gasteiger partial charge on any atom is -0.492 e. The maximum absolute atomic E-state index is 6.28. The lowest BCUT2D eigenvalue weighted by molar-refractivity contribution is 0.315. The first-order valence-corrected chi connectivity index (χ1v) is 8.45. The number of halogens is 2. The van der Waals surface area contributed by atoms with E-state index in [1.807, 2.05) is 24.3 Å². The summed E-state index contributed by atoms with van der Waals surface area (Å²) < 4.78 is 7.68. The van der Waals surface area contributed by atoms with Crippen molar-refractivity contribution in [3.8, 4) is 5.75 Å². The van der Waals surface area contributed by atoms with Gasteiger partial charge in [-0.1, -0.05) is 13.0 Å². The van der Waals surface area contributed by atoms with Crippen molar-refractivity contribution in [2.45, 2.75) is 19.4 Å². The molecule has 2 aromatic rings. The zero-order valence-electron chi connectivity index (χ0n) is 10.5. The molecule has 1 aromatic heterocycles. The van der Waals surface area contributed by atoms with E-state index in [1.165, 1.54) is 0 Å². The Balaban J connectivity index is 2.19. The van der Waals surface area contributed by atoms with E-state index in [0.29, 0.717) is 0 Å². The lowest BCUT2D eigenvalue weighted by Gasteiger charge is -2.13. The molecular formula is C14H15Br2NOS. The van der Waals surface area contributed by atoms with Crippen LogP contribution in [-0.2, 0) is 0 Å². The molecule has 0 saturated carbocycles. The maximum Gasteiger partial charge on any atom is 0.133 e. The van der Waals surface area contributed by atoms with Crippen molar-refractivity contribution in [2.75, 3.05) is 6.61 Å². The standard InChI is InChI=1S/C14H15Br2NOS/c1-2-7-18-11-4-3-9(8-10(11)15)14(17)12-5-6-13(16)19-12/h3-6,8,14H,2,7,17H2,1H3. The zero-order valence-corrected chi connectivity index (χ0v) is 14.5. The summed E-state index contributed by atoms with van der Waals surface area (Å²) in [4.78, 5) is 1.14. The molecule has 0 aliphatic carbocycles. The molecular weight excluding hydrogens is 390 g/mol. The lowest BCUT2D eigenvalue weighted by Crippen LogP contribution is -2.10. The quantitative estimate of drug-likeness (QED) is 0.751. The fourth-order valence-corrected chi connectivity index (χ4v) is 3.66. The average molecular weight is 405 g/mol. The molecule has 0 aliphatic rings. The summed E-state index contributed by atoms with van der Waals surface area (Å²) in [6.07, 6.45) is 0.997. The van der Waals surface area contributed by atoms with Crippen molar-refractivity contribution in [3.63, 3.8) is 0 Å². The van der Waals surface area contributed by atoms with Gasteiger partial charge < -0.3 is 10.5 Å². The van der Waals surface area contributed by atoms with E-state index in [1.54, 1.807) is 11.3 Å². The molecule has 0 aliphatic heterocycles. The van der Waals surface area contributed by atoms with E-state index in [9.17, 15) is 0 Å². The molecule has 0 bridgehead atoms. The number of thiophene rings is 1. The fraction of sp³-hybridized carbons (Fsp3) is 0.286. The van der Waals surface area contributed by atoms with Crippen LogP contribution >= 0.6 is 43.2 Å². The van der Waals surface area contributed by atoms with Crippen molar-refractivity contribution in [3.05, 3.63) is 49.0 Å². The predicted molar refractivity (Wildman–Crippen MR) is 88.0 cm³/mol. The summed E-state index contributed by atoms with van der Waals surface area (Å²) in [7, 11) is 0. The third kappa shape index (κ3) is 3.81. The molecule has 102 valence electrons. The number of hydrogen-bond donors (Lipinski definition) is 1. The molecule has 1 atom stereocenters. The highest BCUT2D eigenvalue weighted by molar-refractivity contribution is 9.11. The van der Waals surface area contributed by atoms with E-state index < -0.39 is 0 Å². The van der Waals surface area contributed by atoms with Crippen LogP contribution in [0.2, 0.25) is 0 Å². The Labute approximate surface area is 134 Å². The Bertz CT molecular complexity index is 556. The Morgan fingerprint density at radius 3 is 2.63 bits per heavy atom. The highest BCUT2D eigenvalue weighted by atomic mass is 79.9. The second-order valence-electron chi connectivity index (χ2n) is 4.16. The van der Waals surface area contributed by atoms with Crippen LogP contribution < -0.4 is 10.5 Å². The molecule has 2 N–H and O–H groups in total. The van der Waals surface area contributed by atoms with Gasteiger partial charge in [0.25, 0.3) is 0 Å². The third-order valence-electron chi connectivity index (χ3n) is 2.68. The SMILES string of the molecule is CCCOc1ccc(C(N)c2ccc(Br)s2)cc1Br. The molecule has 0 radical (unpaired) electrons. The zero-order chi connectivity index (χ0) is 13.8. The number of rotatable bonds is 5. The molecule has 19 heavy (non-hydrogen) atoms. The van der Waals surface area contributed by atoms with Crippen LogP contribution in [0.4, 0.5) is 0 Å². The monoisotopic (exact) mass is 403 g/mol. The minimum absolute atomic E-state index is 0.104. The van der Waals surface area contributed by atoms with Gasteiger partial charge in [-0.15, -0.1) is 11.3 Å². The van der Waals surface area contributed by atoms with E-state index in [4.69, 9.17) is 10.5 Å². The van der Waals surface area contributed by atoms with Gasteiger partial charge in [0.15, 0.2) is 0 Å². The van der Waals surface area contributed by atoms with Gasteiger partial charge in [-0.2, -0.15) is 0 Å². The van der Waals surface area contributed by atoms with Gasteiger partial charge in [-0.05, 0) is 68.1 Å². The average Bonchev–Trinajstić information content (AvgIpc) is 2.83. The summed E-state index contributed by atoms with van der Waals surface area (Å²) in [6.45, 7) is 2.81. The molecule has 1 unspecified atom stereocenters. The summed E-state index contributed by atoms with van der Waals surface area (Å²) >= 11 is 8.66. The molecule has 0 fully saturated rings. The molecule has 2 rings (SSSR count). The Kier molecular flexibility index (Phi) is 5.45. The van der Waals surface area contributed by atoms with Gasteiger partial charge in [-0.3, -0.25) is 0 Å². The molecule has 1 heterocycles. The molecule has 2 nitrogen and oxygen atoms in total. The Hall–Kier alpha value is -0.360. The topological polar surface area (TPSA) is 35.2 Å². The van der Waals surface area contributed by atoms with Gasteiger partial charge in [0.2, 0.25) is 0 Å². The molecule has 0 amide bonds. The summed E-state index contributed by atoms with van der Waals surface area (Å²) in [5, 5.41) is 0. The van der Waals surface area contributed by atoms with Crippen LogP contribution in [0.15, 0.2) is 38.6 Å². The van der Waals surface area contributed by atoms with Crippen molar-refractivity contribution in [1.29, 1.82) is 0 Å². The van der Waals surface area contributed by atoms with E-state index in [-0.39, 0.29) is 6.04 Å². The maximum atomic E-state index is 6.28. The lowest BCUT2D eigenvalue weighted by atomic mass is 10.1. The molecule has 5 heteroatoms. The number of ether oxygens (including phenoxy) is 1. The van der Waals surface area contributed by atoms with Crippen LogP contribution in [0, 0.1) is 0 Å². The number of nitrogens with two attached hydrogens (primary N) is 1. The largest absolute Gasteiger partial charge is 0.492 e. The van der Waals surface area contributed by atoms with Gasteiger partial charge >= 0.3 is 0 Å². The van der Waals surface area contributed by atoms with Crippen LogP contribution in [0.3, 0.4) is 0 Å². The molecule has 0 saturated heterocycles. The molecule has 0 spiro atoms. The van der Waals surface area contributed by atoms with Gasteiger partial charge in [0.1, 0.15) is 5.75 Å². The minimum atomic E-state index is -0.104. The molecule has 1 aromatic carbocycles. The van der Waals surface area contributed by atoms with Crippen molar-refractivity contribution in [2.24, 2.45) is 5.73 Å². The smallest absolute Gasteiger partial charge is 0.133 e. The number of benzene rings is 1.